The smallest absolute Gasteiger partial charge is 0.257 e. The fourth-order valence-corrected chi connectivity index (χ4v) is 3.46. The van der Waals surface area contributed by atoms with Crippen molar-refractivity contribution in [2.75, 3.05) is 5.73 Å². The minimum absolute atomic E-state index is 0.0361. The number of aryl methyl sites for hydroxylation is 3. The van der Waals surface area contributed by atoms with Crippen molar-refractivity contribution in [3.05, 3.63) is 40.6 Å². The van der Waals surface area contributed by atoms with Crippen molar-refractivity contribution in [3.8, 4) is 5.75 Å². The van der Waals surface area contributed by atoms with Crippen molar-refractivity contribution in [2.24, 2.45) is 7.05 Å². The molecule has 134 valence electrons. The first-order valence-corrected chi connectivity index (χ1v) is 8.76. The van der Waals surface area contributed by atoms with Gasteiger partial charge in [-0.15, -0.1) is 0 Å². The van der Waals surface area contributed by atoms with Crippen LogP contribution in [-0.2, 0) is 13.5 Å². The number of benzene rings is 1. The summed E-state index contributed by atoms with van der Waals surface area (Å²) in [5.41, 5.74) is 9.51. The molecule has 6 nitrogen and oxygen atoms in total. The second-order valence-corrected chi connectivity index (χ2v) is 6.91. The van der Waals surface area contributed by atoms with Crippen LogP contribution < -0.4 is 15.8 Å². The number of carbonyl (C=O) groups is 1. The lowest BCUT2D eigenvalue weighted by molar-refractivity contribution is 0.0933. The molecule has 3 rings (SSSR count). The average molecular weight is 342 g/mol. The van der Waals surface area contributed by atoms with Crippen molar-refractivity contribution in [2.45, 2.75) is 52.2 Å². The van der Waals surface area contributed by atoms with Crippen LogP contribution >= 0.6 is 0 Å². The molecule has 0 saturated carbocycles. The van der Waals surface area contributed by atoms with E-state index in [9.17, 15) is 4.79 Å². The lowest BCUT2D eigenvalue weighted by Crippen LogP contribution is -2.31. The number of hydrogen-bond donors (Lipinski definition) is 2. The molecule has 0 unspecified atom stereocenters. The number of hydrogen-bond acceptors (Lipinski definition) is 4. The highest BCUT2D eigenvalue weighted by molar-refractivity contribution is 5.99. The summed E-state index contributed by atoms with van der Waals surface area (Å²) in [6, 6.07) is 6.13. The second kappa shape index (κ2) is 6.78. The van der Waals surface area contributed by atoms with Crippen LogP contribution in [0.2, 0.25) is 0 Å². The van der Waals surface area contributed by atoms with Crippen LogP contribution in [0.25, 0.3) is 0 Å². The van der Waals surface area contributed by atoms with Crippen molar-refractivity contribution in [1.29, 1.82) is 0 Å². The predicted octanol–water partition coefficient (Wildman–Crippen LogP) is 2.91. The Bertz CT molecular complexity index is 795. The van der Waals surface area contributed by atoms with Gasteiger partial charge < -0.3 is 15.8 Å². The molecule has 0 spiro atoms. The van der Waals surface area contributed by atoms with E-state index in [0.717, 1.165) is 30.6 Å². The molecule has 0 bridgehead atoms. The van der Waals surface area contributed by atoms with Crippen LogP contribution in [0.1, 0.15) is 59.9 Å². The SMILES string of the molecule is Cc1nn(C)c(N)c1C(=O)N[C@@H]1CCCc2ccc(OC(C)C)cc21. The van der Waals surface area contributed by atoms with E-state index in [-0.39, 0.29) is 18.1 Å². The van der Waals surface area contributed by atoms with E-state index in [0.29, 0.717) is 17.1 Å². The highest BCUT2D eigenvalue weighted by Crippen LogP contribution is 2.33. The fraction of sp³-hybridized carbons (Fsp3) is 0.474. The van der Waals surface area contributed by atoms with E-state index >= 15 is 0 Å². The Kier molecular flexibility index (Phi) is 4.70. The predicted molar refractivity (Wildman–Crippen MR) is 97.7 cm³/mol. The van der Waals surface area contributed by atoms with E-state index in [1.54, 1.807) is 14.0 Å². The number of nitrogens with zero attached hydrogens (tertiary/aromatic N) is 2. The second-order valence-electron chi connectivity index (χ2n) is 6.91. The lowest BCUT2D eigenvalue weighted by atomic mass is 9.87. The molecule has 6 heteroatoms. The Hall–Kier alpha value is -2.50. The Morgan fingerprint density at radius 2 is 2.20 bits per heavy atom. The number of anilines is 1. The van der Waals surface area contributed by atoms with Crippen molar-refractivity contribution in [3.63, 3.8) is 0 Å². The molecule has 1 aliphatic rings. The largest absolute Gasteiger partial charge is 0.491 e. The molecule has 1 aromatic heterocycles. The topological polar surface area (TPSA) is 82.2 Å². The first-order valence-electron chi connectivity index (χ1n) is 8.76. The fourth-order valence-electron chi connectivity index (χ4n) is 3.46. The first kappa shape index (κ1) is 17.3. The van der Waals surface area contributed by atoms with Gasteiger partial charge in [0.2, 0.25) is 0 Å². The highest BCUT2D eigenvalue weighted by atomic mass is 16.5. The Labute approximate surface area is 148 Å². The quantitative estimate of drug-likeness (QED) is 0.895. The third-order valence-corrected chi connectivity index (χ3v) is 4.60. The molecule has 1 amide bonds. The van der Waals surface area contributed by atoms with Crippen molar-refractivity contribution in [1.82, 2.24) is 15.1 Å². The van der Waals surface area contributed by atoms with Gasteiger partial charge in [-0.25, -0.2) is 0 Å². The monoisotopic (exact) mass is 342 g/mol. The lowest BCUT2D eigenvalue weighted by Gasteiger charge is -2.27. The zero-order valence-electron chi connectivity index (χ0n) is 15.3. The van der Waals surface area contributed by atoms with Gasteiger partial charge in [-0.2, -0.15) is 5.10 Å². The summed E-state index contributed by atoms with van der Waals surface area (Å²) >= 11 is 0. The van der Waals surface area contributed by atoms with Gasteiger partial charge in [-0.1, -0.05) is 6.07 Å². The van der Waals surface area contributed by atoms with Crippen LogP contribution in [0.5, 0.6) is 5.75 Å². The minimum atomic E-state index is -0.170. The molecule has 2 aromatic rings. The molecule has 3 N–H and O–H groups in total. The number of nitrogens with one attached hydrogen (secondary N) is 1. The summed E-state index contributed by atoms with van der Waals surface area (Å²) in [5.74, 6) is 1.06. The first-order chi connectivity index (χ1) is 11.9. The molecule has 0 saturated heterocycles. The number of nitrogens with two attached hydrogens (primary N) is 1. The number of amides is 1. The molecular formula is C19H26N4O2. The zero-order valence-corrected chi connectivity index (χ0v) is 15.3. The maximum Gasteiger partial charge on any atom is 0.257 e. The molecule has 1 atom stereocenters. The maximum absolute atomic E-state index is 12.8. The number of fused-ring (bicyclic) bond motifs is 1. The third-order valence-electron chi connectivity index (χ3n) is 4.60. The van der Waals surface area contributed by atoms with Gasteiger partial charge in [0.05, 0.1) is 17.8 Å². The molecule has 0 aliphatic heterocycles. The Morgan fingerprint density at radius 1 is 1.44 bits per heavy atom. The summed E-state index contributed by atoms with van der Waals surface area (Å²) in [5, 5.41) is 7.37. The third kappa shape index (κ3) is 3.48. The number of ether oxygens (including phenoxy) is 1. The van der Waals surface area contributed by atoms with Crippen LogP contribution in [0.3, 0.4) is 0 Å². The zero-order chi connectivity index (χ0) is 18.1. The molecule has 25 heavy (non-hydrogen) atoms. The summed E-state index contributed by atoms with van der Waals surface area (Å²) in [7, 11) is 1.74. The average Bonchev–Trinajstić information content (AvgIpc) is 2.80. The molecule has 0 radical (unpaired) electrons. The number of nitrogen functional groups attached to an aromatic ring is 1. The van der Waals surface area contributed by atoms with E-state index in [4.69, 9.17) is 10.5 Å². The van der Waals surface area contributed by atoms with E-state index < -0.39 is 0 Å². The van der Waals surface area contributed by atoms with Crippen molar-refractivity contribution < 1.29 is 9.53 Å². The van der Waals surface area contributed by atoms with Crippen LogP contribution in [-0.4, -0.2) is 21.8 Å². The number of aromatic nitrogens is 2. The Morgan fingerprint density at radius 3 is 2.84 bits per heavy atom. The summed E-state index contributed by atoms with van der Waals surface area (Å²) in [4.78, 5) is 12.8. The highest BCUT2D eigenvalue weighted by Gasteiger charge is 2.26. The summed E-state index contributed by atoms with van der Waals surface area (Å²) in [6.45, 7) is 5.81. The van der Waals surface area contributed by atoms with Crippen LogP contribution in [0.4, 0.5) is 5.82 Å². The Balaban J connectivity index is 1.86. The van der Waals surface area contributed by atoms with Crippen molar-refractivity contribution >= 4 is 11.7 Å². The van der Waals surface area contributed by atoms with Gasteiger partial charge >= 0.3 is 0 Å². The minimum Gasteiger partial charge on any atom is -0.491 e. The van der Waals surface area contributed by atoms with Crippen LogP contribution in [0.15, 0.2) is 18.2 Å². The van der Waals surface area contributed by atoms with E-state index in [1.807, 2.05) is 19.9 Å². The number of rotatable bonds is 4. The van der Waals surface area contributed by atoms with E-state index in [1.165, 1.54) is 10.2 Å². The molecular weight excluding hydrogens is 316 g/mol. The van der Waals surface area contributed by atoms with Gasteiger partial charge in [-0.3, -0.25) is 9.48 Å². The molecule has 0 fully saturated rings. The molecule has 1 heterocycles. The van der Waals surface area contributed by atoms with E-state index in [2.05, 4.69) is 22.5 Å². The maximum atomic E-state index is 12.8. The van der Waals surface area contributed by atoms with Gasteiger partial charge in [0.1, 0.15) is 17.1 Å². The molecule has 1 aromatic carbocycles. The van der Waals surface area contributed by atoms with Gasteiger partial charge in [-0.05, 0) is 63.3 Å². The van der Waals surface area contributed by atoms with Crippen LogP contribution in [0, 0.1) is 6.92 Å². The van der Waals surface area contributed by atoms with Gasteiger partial charge in [0.25, 0.3) is 5.91 Å². The standard InChI is InChI=1S/C19H26N4O2/c1-11(2)25-14-9-8-13-6-5-7-16(15(13)10-14)21-19(24)17-12(3)22-23(4)18(17)20/h8-11,16H,5-7,20H2,1-4H3,(H,21,24)/t16-/m1/s1. The number of carbonyl (C=O) groups excluding carboxylic acids is 1. The normalized spacial score (nSPS) is 16.6. The van der Waals surface area contributed by atoms with Gasteiger partial charge in [0.15, 0.2) is 0 Å². The summed E-state index contributed by atoms with van der Waals surface area (Å²) < 4.78 is 7.35. The molecule has 1 aliphatic carbocycles. The summed E-state index contributed by atoms with van der Waals surface area (Å²) in [6.07, 6.45) is 3.09. The van der Waals surface area contributed by atoms with Gasteiger partial charge in [0, 0.05) is 7.05 Å².